The second kappa shape index (κ2) is 3.39. The number of nitrogen functional groups attached to an aromatic ring is 1. The van der Waals surface area contributed by atoms with E-state index in [2.05, 4.69) is 49.9 Å². The van der Waals surface area contributed by atoms with Gasteiger partial charge in [-0.2, -0.15) is 0 Å². The molecule has 0 amide bonds. The average molecular weight is 245 g/mol. The van der Waals surface area contributed by atoms with Crippen LogP contribution >= 0.6 is 0 Å². The largest absolute Gasteiger partial charge is 0.399 e. The predicted octanol–water partition coefficient (Wildman–Crippen LogP) is 4.11. The Morgan fingerprint density at radius 3 is 2.84 bits per heavy atom. The molecule has 19 heavy (non-hydrogen) atoms. The van der Waals surface area contributed by atoms with Gasteiger partial charge in [0.05, 0.1) is 0 Å². The van der Waals surface area contributed by atoms with Crippen molar-refractivity contribution in [2.75, 3.05) is 5.73 Å². The molecule has 0 spiro atoms. The Morgan fingerprint density at radius 1 is 1.16 bits per heavy atom. The third-order valence-electron chi connectivity index (χ3n) is 4.31. The number of nitrogens with two attached hydrogens (primary N) is 1. The highest BCUT2D eigenvalue weighted by Crippen LogP contribution is 2.48. The van der Waals surface area contributed by atoms with E-state index in [1.165, 1.54) is 33.4 Å². The molecule has 0 saturated carbocycles. The maximum atomic E-state index is 5.94. The van der Waals surface area contributed by atoms with Crippen LogP contribution in [0.1, 0.15) is 39.3 Å². The van der Waals surface area contributed by atoms with Crippen molar-refractivity contribution >= 4 is 17.3 Å². The van der Waals surface area contributed by atoms with Crippen molar-refractivity contribution in [3.8, 4) is 0 Å². The van der Waals surface area contributed by atoms with Crippen LogP contribution in [0.15, 0.2) is 43.0 Å². The minimum Gasteiger partial charge on any atom is -0.399 e. The van der Waals surface area contributed by atoms with Crippen molar-refractivity contribution in [3.63, 3.8) is 0 Å². The Hall–Kier alpha value is -2.28. The monoisotopic (exact) mass is 245 g/mol. The van der Waals surface area contributed by atoms with E-state index in [1.54, 1.807) is 0 Å². The molecule has 0 heterocycles. The van der Waals surface area contributed by atoms with Gasteiger partial charge in [-0.15, -0.1) is 0 Å². The van der Waals surface area contributed by atoms with E-state index >= 15 is 0 Å². The molecule has 0 saturated heterocycles. The van der Waals surface area contributed by atoms with Gasteiger partial charge in [0.15, 0.2) is 0 Å². The molecule has 2 aromatic carbocycles. The highest BCUT2D eigenvalue weighted by atomic mass is 14.5. The summed E-state index contributed by atoms with van der Waals surface area (Å²) >= 11 is 0. The SMILES string of the molecule is C=C1c2cc(N)ccc2C2C=Cc3ccc(C)c1c32. The summed E-state index contributed by atoms with van der Waals surface area (Å²) in [5, 5.41) is 0. The number of hydrogen-bond donors (Lipinski definition) is 1. The van der Waals surface area contributed by atoms with Gasteiger partial charge in [-0.3, -0.25) is 0 Å². The van der Waals surface area contributed by atoms with Crippen LogP contribution in [0.5, 0.6) is 0 Å². The summed E-state index contributed by atoms with van der Waals surface area (Å²) in [7, 11) is 0. The van der Waals surface area contributed by atoms with Gasteiger partial charge in [-0.25, -0.2) is 0 Å². The fourth-order valence-corrected chi connectivity index (χ4v) is 3.42. The number of allylic oxidation sites excluding steroid dienone is 1. The Morgan fingerprint density at radius 2 is 2.00 bits per heavy atom. The van der Waals surface area contributed by atoms with Crippen LogP contribution in [0.3, 0.4) is 0 Å². The van der Waals surface area contributed by atoms with Crippen molar-refractivity contribution < 1.29 is 0 Å². The molecule has 1 heteroatoms. The summed E-state index contributed by atoms with van der Waals surface area (Å²) in [6, 6.07) is 10.6. The summed E-state index contributed by atoms with van der Waals surface area (Å²) in [6.07, 6.45) is 4.51. The maximum absolute atomic E-state index is 5.94. The Kier molecular flexibility index (Phi) is 1.89. The molecule has 0 fully saturated rings. The van der Waals surface area contributed by atoms with Crippen molar-refractivity contribution in [1.82, 2.24) is 0 Å². The zero-order valence-electron chi connectivity index (χ0n) is 10.9. The summed E-state index contributed by atoms with van der Waals surface area (Å²) < 4.78 is 0. The highest BCUT2D eigenvalue weighted by Gasteiger charge is 2.31. The fraction of sp³-hybridized carbons (Fsp3) is 0.111. The molecule has 1 unspecified atom stereocenters. The second-order valence-electron chi connectivity index (χ2n) is 5.42. The molecule has 2 aromatic rings. The highest BCUT2D eigenvalue weighted by molar-refractivity contribution is 5.91. The van der Waals surface area contributed by atoms with E-state index in [9.17, 15) is 0 Å². The van der Waals surface area contributed by atoms with Crippen molar-refractivity contribution in [2.45, 2.75) is 12.8 Å². The molecule has 1 nitrogen and oxygen atoms in total. The van der Waals surface area contributed by atoms with Crippen LogP contribution in [0.4, 0.5) is 5.69 Å². The van der Waals surface area contributed by atoms with Crippen molar-refractivity contribution in [2.24, 2.45) is 0 Å². The van der Waals surface area contributed by atoms with Crippen LogP contribution in [0.25, 0.3) is 11.6 Å². The Bertz CT molecular complexity index is 766. The van der Waals surface area contributed by atoms with Crippen LogP contribution < -0.4 is 5.73 Å². The zero-order valence-corrected chi connectivity index (χ0v) is 10.9. The summed E-state index contributed by atoms with van der Waals surface area (Å²) in [5.74, 6) is 0.367. The number of rotatable bonds is 0. The number of fused-ring (bicyclic) bond motifs is 2. The van der Waals surface area contributed by atoms with Crippen LogP contribution in [-0.4, -0.2) is 0 Å². The van der Waals surface area contributed by atoms with Crippen LogP contribution in [0, 0.1) is 6.92 Å². The summed E-state index contributed by atoms with van der Waals surface area (Å²) in [6.45, 7) is 6.48. The molecule has 2 aliphatic carbocycles. The summed E-state index contributed by atoms with van der Waals surface area (Å²) in [5.41, 5.74) is 15.7. The lowest BCUT2D eigenvalue weighted by molar-refractivity contribution is 1.01. The van der Waals surface area contributed by atoms with Gasteiger partial charge < -0.3 is 5.73 Å². The molecule has 92 valence electrons. The topological polar surface area (TPSA) is 26.0 Å². The van der Waals surface area contributed by atoms with Crippen molar-refractivity contribution in [1.29, 1.82) is 0 Å². The van der Waals surface area contributed by atoms with Gasteiger partial charge >= 0.3 is 0 Å². The second-order valence-corrected chi connectivity index (χ2v) is 5.42. The average Bonchev–Trinajstić information content (AvgIpc) is 2.81. The minimum atomic E-state index is 0.367. The van der Waals surface area contributed by atoms with Crippen LogP contribution in [0.2, 0.25) is 0 Å². The lowest BCUT2D eigenvalue weighted by atomic mass is 9.75. The quantitative estimate of drug-likeness (QED) is 0.694. The molecule has 0 radical (unpaired) electrons. The minimum absolute atomic E-state index is 0.367. The first-order chi connectivity index (χ1) is 9.16. The first kappa shape index (κ1) is 10.6. The number of hydrogen-bond acceptors (Lipinski definition) is 1. The van der Waals surface area contributed by atoms with E-state index in [4.69, 9.17) is 5.73 Å². The number of anilines is 1. The summed E-state index contributed by atoms with van der Waals surface area (Å²) in [4.78, 5) is 0. The van der Waals surface area contributed by atoms with Crippen molar-refractivity contribution in [3.05, 3.63) is 76.4 Å². The molecule has 0 bridgehead atoms. The van der Waals surface area contributed by atoms with E-state index in [1.807, 2.05) is 6.07 Å². The third kappa shape index (κ3) is 1.25. The first-order valence-electron chi connectivity index (χ1n) is 6.57. The molecule has 0 aromatic heterocycles. The van der Waals surface area contributed by atoms with E-state index < -0.39 is 0 Å². The van der Waals surface area contributed by atoms with Gasteiger partial charge in [0.1, 0.15) is 0 Å². The Balaban J connectivity index is 2.10. The van der Waals surface area contributed by atoms with Gasteiger partial charge in [-0.05, 0) is 58.0 Å². The standard InChI is InChI=1S/C18H15N/c1-10-3-4-12-5-7-15-14-8-6-13(19)9-16(14)11(2)17(10)18(12)15/h3-9,15H,2,19H2,1H3. The van der Waals surface area contributed by atoms with E-state index in [-0.39, 0.29) is 0 Å². The molecule has 4 rings (SSSR count). The Labute approximate surface area is 113 Å². The van der Waals surface area contributed by atoms with Crippen LogP contribution in [-0.2, 0) is 0 Å². The molecule has 1 atom stereocenters. The molecule has 0 aliphatic heterocycles. The van der Waals surface area contributed by atoms with E-state index in [0.717, 1.165) is 11.3 Å². The maximum Gasteiger partial charge on any atom is 0.0320 e. The lowest BCUT2D eigenvalue weighted by Crippen LogP contribution is -2.12. The fourth-order valence-electron chi connectivity index (χ4n) is 3.42. The normalized spacial score (nSPS) is 18.4. The predicted molar refractivity (Wildman–Crippen MR) is 81.0 cm³/mol. The molecule has 2 N–H and O–H groups in total. The third-order valence-corrected chi connectivity index (χ3v) is 4.31. The van der Waals surface area contributed by atoms with Gasteiger partial charge in [0, 0.05) is 11.6 Å². The van der Waals surface area contributed by atoms with E-state index in [0.29, 0.717) is 5.92 Å². The smallest absolute Gasteiger partial charge is 0.0320 e. The molecule has 2 aliphatic rings. The molecular formula is C18H15N. The van der Waals surface area contributed by atoms with Gasteiger partial charge in [0.2, 0.25) is 0 Å². The number of aryl methyl sites for hydroxylation is 1. The zero-order chi connectivity index (χ0) is 13.1. The first-order valence-corrected chi connectivity index (χ1v) is 6.57. The van der Waals surface area contributed by atoms with Gasteiger partial charge in [-0.1, -0.05) is 36.9 Å². The van der Waals surface area contributed by atoms with Gasteiger partial charge in [0.25, 0.3) is 0 Å². The number of benzene rings is 2. The molecular weight excluding hydrogens is 230 g/mol. The lowest BCUT2D eigenvalue weighted by Gasteiger charge is -2.28.